The van der Waals surface area contributed by atoms with Gasteiger partial charge in [0.2, 0.25) is 0 Å². The molecule has 0 saturated heterocycles. The van der Waals surface area contributed by atoms with Gasteiger partial charge in [0, 0.05) is 23.0 Å². The van der Waals surface area contributed by atoms with Crippen LogP contribution < -0.4 is 4.90 Å². The van der Waals surface area contributed by atoms with Crippen LogP contribution >= 0.6 is 0 Å². The Kier molecular flexibility index (Phi) is 6.85. The predicted octanol–water partition coefficient (Wildman–Crippen LogP) is 12.7. The van der Waals surface area contributed by atoms with Crippen molar-refractivity contribution >= 4 is 17.1 Å². The fourth-order valence-electron chi connectivity index (χ4n) is 8.94. The number of nitrogens with zero attached hydrogens (tertiary/aromatic N) is 1. The molecule has 240 valence electrons. The molecule has 8 aromatic carbocycles. The van der Waals surface area contributed by atoms with Crippen LogP contribution in [0.5, 0.6) is 0 Å². The summed E-state index contributed by atoms with van der Waals surface area (Å²) in [6.07, 6.45) is 0. The van der Waals surface area contributed by atoms with E-state index >= 15 is 0 Å². The molecule has 1 unspecified atom stereocenters. The van der Waals surface area contributed by atoms with Gasteiger partial charge in [-0.05, 0) is 97.6 Å². The first-order valence-corrected chi connectivity index (χ1v) is 17.8. The lowest BCUT2D eigenvalue weighted by molar-refractivity contribution is 0.768. The van der Waals surface area contributed by atoms with E-state index < -0.39 is 5.41 Å². The Hall–Kier alpha value is -6.44. The molecular weight excluding hydrogens is 615 g/mol. The van der Waals surface area contributed by atoms with Gasteiger partial charge in [-0.15, -0.1) is 0 Å². The lowest BCUT2D eigenvalue weighted by Crippen LogP contribution is -2.28. The average Bonchev–Trinajstić information content (AvgIpc) is 3.70. The van der Waals surface area contributed by atoms with Crippen molar-refractivity contribution in [1.82, 2.24) is 0 Å². The van der Waals surface area contributed by atoms with Gasteiger partial charge in [-0.1, -0.05) is 170 Å². The van der Waals surface area contributed by atoms with Crippen molar-refractivity contribution in [1.29, 1.82) is 0 Å². The molecule has 0 radical (unpaired) electrons. The quantitative estimate of drug-likeness (QED) is 0.173. The van der Waals surface area contributed by atoms with Crippen molar-refractivity contribution < 1.29 is 0 Å². The first-order chi connectivity index (χ1) is 25.3. The van der Waals surface area contributed by atoms with E-state index in [0.717, 1.165) is 17.1 Å². The van der Waals surface area contributed by atoms with E-state index in [9.17, 15) is 0 Å². The van der Waals surface area contributed by atoms with Crippen LogP contribution in [0.1, 0.15) is 44.9 Å². The molecule has 0 spiro atoms. The number of hydrogen-bond donors (Lipinski definition) is 0. The van der Waals surface area contributed by atoms with Crippen molar-refractivity contribution in [2.45, 2.75) is 11.3 Å². The average molecular weight is 650 g/mol. The number of rotatable bonds is 6. The second-order valence-electron chi connectivity index (χ2n) is 13.6. The lowest BCUT2D eigenvalue weighted by Gasteiger charge is -2.35. The Morgan fingerprint density at radius 3 is 1.51 bits per heavy atom. The van der Waals surface area contributed by atoms with Gasteiger partial charge in [0.25, 0.3) is 0 Å². The van der Waals surface area contributed by atoms with Gasteiger partial charge in [0.05, 0.1) is 5.41 Å². The SMILES string of the molecule is c1ccc(C2c3ccccc3-c3ccc(N(c4ccccc4)c4ccc5c(c4)C(c4ccccc4)(c4ccccc4)c4ccccc4-5)cc32)cc1. The Labute approximate surface area is 299 Å². The van der Waals surface area contributed by atoms with Gasteiger partial charge in [-0.3, -0.25) is 0 Å². The fraction of sp³-hybridized carbons (Fsp3) is 0.0400. The first-order valence-electron chi connectivity index (χ1n) is 17.8. The molecule has 51 heavy (non-hydrogen) atoms. The van der Waals surface area contributed by atoms with Crippen LogP contribution in [-0.2, 0) is 5.41 Å². The Morgan fingerprint density at radius 1 is 0.333 bits per heavy atom. The molecule has 0 bridgehead atoms. The molecule has 1 nitrogen and oxygen atoms in total. The van der Waals surface area contributed by atoms with Crippen LogP contribution in [0.15, 0.2) is 206 Å². The molecule has 0 amide bonds. The molecule has 1 heteroatoms. The van der Waals surface area contributed by atoms with E-state index in [-0.39, 0.29) is 5.92 Å². The normalized spacial score (nSPS) is 14.6. The van der Waals surface area contributed by atoms with E-state index in [2.05, 4.69) is 211 Å². The molecule has 0 aliphatic heterocycles. The van der Waals surface area contributed by atoms with E-state index in [1.165, 1.54) is 61.2 Å². The lowest BCUT2D eigenvalue weighted by atomic mass is 9.67. The highest BCUT2D eigenvalue weighted by Gasteiger charge is 2.46. The minimum Gasteiger partial charge on any atom is -0.310 e. The molecule has 0 heterocycles. The third kappa shape index (κ3) is 4.48. The molecule has 0 saturated carbocycles. The van der Waals surface area contributed by atoms with E-state index in [4.69, 9.17) is 0 Å². The monoisotopic (exact) mass is 649 g/mol. The highest BCUT2D eigenvalue weighted by atomic mass is 15.1. The Morgan fingerprint density at radius 2 is 0.824 bits per heavy atom. The zero-order valence-corrected chi connectivity index (χ0v) is 28.2. The molecule has 0 N–H and O–H groups in total. The van der Waals surface area contributed by atoms with Crippen LogP contribution in [-0.4, -0.2) is 0 Å². The van der Waals surface area contributed by atoms with Crippen LogP contribution in [0.3, 0.4) is 0 Å². The Balaban J connectivity index is 1.21. The highest BCUT2D eigenvalue weighted by Crippen LogP contribution is 2.57. The second-order valence-corrected chi connectivity index (χ2v) is 13.6. The zero-order valence-electron chi connectivity index (χ0n) is 28.2. The van der Waals surface area contributed by atoms with Gasteiger partial charge < -0.3 is 4.90 Å². The van der Waals surface area contributed by atoms with Crippen LogP contribution in [0.4, 0.5) is 17.1 Å². The third-order valence-corrected chi connectivity index (χ3v) is 11.0. The molecule has 1 atom stereocenters. The summed E-state index contributed by atoms with van der Waals surface area (Å²) >= 11 is 0. The highest BCUT2D eigenvalue weighted by molar-refractivity contribution is 5.90. The maximum Gasteiger partial charge on any atom is 0.0714 e. The fourth-order valence-corrected chi connectivity index (χ4v) is 8.94. The van der Waals surface area contributed by atoms with Gasteiger partial charge >= 0.3 is 0 Å². The Bertz CT molecular complexity index is 2480. The number of anilines is 3. The van der Waals surface area contributed by atoms with Gasteiger partial charge in [0.15, 0.2) is 0 Å². The van der Waals surface area contributed by atoms with Gasteiger partial charge in [-0.2, -0.15) is 0 Å². The van der Waals surface area contributed by atoms with Crippen molar-refractivity contribution in [3.63, 3.8) is 0 Å². The minimum atomic E-state index is -0.467. The van der Waals surface area contributed by atoms with Crippen molar-refractivity contribution in [2.75, 3.05) is 4.90 Å². The van der Waals surface area contributed by atoms with Crippen molar-refractivity contribution in [3.8, 4) is 22.3 Å². The molecule has 8 aromatic rings. The number of para-hydroxylation sites is 1. The molecule has 10 rings (SSSR count). The summed E-state index contributed by atoms with van der Waals surface area (Å²) in [5.74, 6) is 0.174. The zero-order chi connectivity index (χ0) is 33.8. The van der Waals surface area contributed by atoms with Crippen molar-refractivity contribution in [2.24, 2.45) is 0 Å². The maximum absolute atomic E-state index is 2.46. The number of hydrogen-bond acceptors (Lipinski definition) is 1. The van der Waals surface area contributed by atoms with Crippen molar-refractivity contribution in [3.05, 3.63) is 245 Å². The summed E-state index contributed by atoms with van der Waals surface area (Å²) in [5.41, 5.74) is 17.3. The second kappa shape index (κ2) is 11.9. The summed E-state index contributed by atoms with van der Waals surface area (Å²) in [7, 11) is 0. The van der Waals surface area contributed by atoms with Crippen LogP contribution in [0.2, 0.25) is 0 Å². The third-order valence-electron chi connectivity index (χ3n) is 11.0. The van der Waals surface area contributed by atoms with E-state index in [0.29, 0.717) is 0 Å². The molecule has 2 aliphatic carbocycles. The minimum absolute atomic E-state index is 0.174. The standard InChI is InChI=1S/C50H35N/c1-5-17-35(18-6-1)49-45-27-14-13-25-41(45)42-31-29-39(33-46(42)49)51(38-23-11-4-12-24-38)40-30-32-44-43-26-15-16-28-47(43)50(48(44)34-40,36-19-7-2-8-20-36)37-21-9-3-10-22-37/h1-34,49H. The maximum atomic E-state index is 2.46. The topological polar surface area (TPSA) is 3.24 Å². The summed E-state index contributed by atoms with van der Waals surface area (Å²) in [6.45, 7) is 0. The van der Waals surface area contributed by atoms with E-state index in [1.807, 2.05) is 0 Å². The van der Waals surface area contributed by atoms with Gasteiger partial charge in [-0.25, -0.2) is 0 Å². The molecular formula is C50H35N. The number of fused-ring (bicyclic) bond motifs is 6. The predicted molar refractivity (Wildman–Crippen MR) is 211 cm³/mol. The largest absolute Gasteiger partial charge is 0.310 e. The first kappa shape index (κ1) is 29.5. The summed E-state index contributed by atoms with van der Waals surface area (Å²) in [4.78, 5) is 2.44. The summed E-state index contributed by atoms with van der Waals surface area (Å²) in [6, 6.07) is 76.0. The van der Waals surface area contributed by atoms with Gasteiger partial charge in [0.1, 0.15) is 0 Å². The van der Waals surface area contributed by atoms with E-state index in [1.54, 1.807) is 0 Å². The van der Waals surface area contributed by atoms with Crippen LogP contribution in [0, 0.1) is 0 Å². The summed E-state index contributed by atoms with van der Waals surface area (Å²) < 4.78 is 0. The molecule has 0 fully saturated rings. The smallest absolute Gasteiger partial charge is 0.0714 e. The molecule has 2 aliphatic rings. The number of benzene rings is 8. The summed E-state index contributed by atoms with van der Waals surface area (Å²) in [5, 5.41) is 0. The molecule has 0 aromatic heterocycles. The van der Waals surface area contributed by atoms with Crippen LogP contribution in [0.25, 0.3) is 22.3 Å².